The lowest BCUT2D eigenvalue weighted by atomic mass is 9.94. The van der Waals surface area contributed by atoms with Gasteiger partial charge in [0.2, 0.25) is 0 Å². The van der Waals surface area contributed by atoms with Gasteiger partial charge >= 0.3 is 0 Å². The smallest absolute Gasteiger partial charge is 0.145 e. The zero-order chi connectivity index (χ0) is 18.8. The molecule has 6 heteroatoms. The van der Waals surface area contributed by atoms with Crippen molar-refractivity contribution in [3.63, 3.8) is 0 Å². The average molecular weight is 361 g/mol. The number of nitrogens with one attached hydrogen (secondary N) is 2. The molecule has 0 amide bonds. The number of carbonyl (C=O) groups is 1. The van der Waals surface area contributed by atoms with E-state index in [9.17, 15) is 4.79 Å². The molecule has 1 fully saturated rings. The maximum atomic E-state index is 12.2. The summed E-state index contributed by atoms with van der Waals surface area (Å²) >= 11 is 0. The number of rotatable bonds is 6. The van der Waals surface area contributed by atoms with Crippen LogP contribution in [0.5, 0.6) is 0 Å². The van der Waals surface area contributed by atoms with Gasteiger partial charge in [-0.3, -0.25) is 14.8 Å². The molecule has 3 heterocycles. The zero-order valence-corrected chi connectivity index (χ0v) is 15.6. The van der Waals surface area contributed by atoms with Crippen molar-refractivity contribution in [2.45, 2.75) is 26.3 Å². The van der Waals surface area contributed by atoms with Crippen molar-refractivity contribution in [2.24, 2.45) is 5.92 Å². The number of nitrogens with zero attached hydrogens (tertiary/aromatic N) is 3. The van der Waals surface area contributed by atoms with Crippen LogP contribution in [-0.2, 0) is 11.2 Å². The lowest BCUT2D eigenvalue weighted by Crippen LogP contribution is -2.47. The Hall–Kier alpha value is -2.86. The normalized spacial score (nSPS) is 14.3. The molecule has 2 aromatic heterocycles. The van der Waals surface area contributed by atoms with Crippen LogP contribution >= 0.6 is 0 Å². The fourth-order valence-electron chi connectivity index (χ4n) is 3.15. The maximum Gasteiger partial charge on any atom is 0.145 e. The first-order valence-electron chi connectivity index (χ1n) is 9.29. The van der Waals surface area contributed by atoms with Crippen LogP contribution in [0.4, 0.5) is 5.82 Å². The Balaban J connectivity index is 1.61. The largest absolute Gasteiger partial charge is 0.367 e. The highest BCUT2D eigenvalue weighted by Crippen LogP contribution is 2.24. The van der Waals surface area contributed by atoms with Crippen LogP contribution in [0.3, 0.4) is 0 Å². The molecule has 0 radical (unpaired) electrons. The standard InChI is InChI=1S/C21H23N5O/c1-13(2)25-21-12-23-11-19(26-21)14-3-4-15-10-24-18(6-16(15)5-14)7-20(27)17-8-22-9-17/h3-6,10-13,17,22H,7-9H2,1-2H3,(H,25,26). The van der Waals surface area contributed by atoms with Gasteiger partial charge in [0.05, 0.1) is 18.1 Å². The Morgan fingerprint density at radius 3 is 2.78 bits per heavy atom. The van der Waals surface area contributed by atoms with E-state index in [1.54, 1.807) is 12.4 Å². The summed E-state index contributed by atoms with van der Waals surface area (Å²) in [6, 6.07) is 8.44. The molecule has 0 aliphatic carbocycles. The Morgan fingerprint density at radius 2 is 2.04 bits per heavy atom. The first kappa shape index (κ1) is 17.5. The summed E-state index contributed by atoms with van der Waals surface area (Å²) in [5, 5.41) is 8.52. The Labute approximate surface area is 158 Å². The molecule has 1 aliphatic heterocycles. The van der Waals surface area contributed by atoms with Crippen LogP contribution in [0, 0.1) is 5.92 Å². The van der Waals surface area contributed by atoms with E-state index in [0.717, 1.165) is 46.6 Å². The highest BCUT2D eigenvalue weighted by Gasteiger charge is 2.24. The molecule has 138 valence electrons. The van der Waals surface area contributed by atoms with Gasteiger partial charge in [0.15, 0.2) is 0 Å². The van der Waals surface area contributed by atoms with Gasteiger partial charge in [0.25, 0.3) is 0 Å². The topological polar surface area (TPSA) is 79.8 Å². The Bertz CT molecular complexity index is 981. The van der Waals surface area contributed by atoms with E-state index in [0.29, 0.717) is 12.5 Å². The number of aromatic nitrogens is 3. The molecule has 1 aromatic carbocycles. The van der Waals surface area contributed by atoms with E-state index in [-0.39, 0.29) is 11.7 Å². The van der Waals surface area contributed by atoms with E-state index in [2.05, 4.69) is 45.5 Å². The highest BCUT2D eigenvalue weighted by atomic mass is 16.1. The number of anilines is 1. The molecule has 27 heavy (non-hydrogen) atoms. The van der Waals surface area contributed by atoms with Crippen LogP contribution in [-0.4, -0.2) is 39.9 Å². The summed E-state index contributed by atoms with van der Waals surface area (Å²) in [5.74, 6) is 1.16. The molecule has 0 spiro atoms. The first-order chi connectivity index (χ1) is 13.1. The third kappa shape index (κ3) is 3.95. The number of Topliss-reactive ketones (excluding diaryl/α,β-unsaturated/α-hetero) is 1. The van der Waals surface area contributed by atoms with Crippen molar-refractivity contribution in [1.82, 2.24) is 20.3 Å². The second-order valence-corrected chi connectivity index (χ2v) is 7.32. The Morgan fingerprint density at radius 1 is 1.19 bits per heavy atom. The summed E-state index contributed by atoms with van der Waals surface area (Å²) < 4.78 is 0. The van der Waals surface area contributed by atoms with Crippen LogP contribution < -0.4 is 10.6 Å². The van der Waals surface area contributed by atoms with E-state index in [4.69, 9.17) is 0 Å². The summed E-state index contributed by atoms with van der Waals surface area (Å²) in [5.41, 5.74) is 2.63. The van der Waals surface area contributed by atoms with Crippen molar-refractivity contribution in [3.8, 4) is 11.3 Å². The number of pyridine rings is 1. The summed E-state index contributed by atoms with van der Waals surface area (Å²) in [4.78, 5) is 25.6. The number of ketones is 1. The molecule has 3 aromatic rings. The minimum atomic E-state index is 0.139. The minimum absolute atomic E-state index is 0.139. The predicted octanol–water partition coefficient (Wildman–Crippen LogP) is 2.84. The molecule has 0 unspecified atom stereocenters. The molecule has 0 saturated carbocycles. The zero-order valence-electron chi connectivity index (χ0n) is 15.6. The minimum Gasteiger partial charge on any atom is -0.367 e. The van der Waals surface area contributed by atoms with Gasteiger partial charge in [-0.2, -0.15) is 0 Å². The van der Waals surface area contributed by atoms with Gasteiger partial charge in [-0.15, -0.1) is 0 Å². The lowest BCUT2D eigenvalue weighted by molar-refractivity contribution is -0.123. The van der Waals surface area contributed by atoms with Gasteiger partial charge in [0, 0.05) is 54.3 Å². The van der Waals surface area contributed by atoms with Gasteiger partial charge < -0.3 is 10.6 Å². The predicted molar refractivity (Wildman–Crippen MR) is 107 cm³/mol. The molecule has 0 atom stereocenters. The van der Waals surface area contributed by atoms with Crippen molar-refractivity contribution in [1.29, 1.82) is 0 Å². The fraction of sp³-hybridized carbons (Fsp3) is 0.333. The molecule has 1 aliphatic rings. The first-order valence-corrected chi connectivity index (χ1v) is 9.29. The molecule has 4 rings (SSSR count). The SMILES string of the molecule is CC(C)Nc1cncc(-c2ccc3cnc(CC(=O)C4CNC4)cc3c2)n1. The van der Waals surface area contributed by atoms with Crippen molar-refractivity contribution in [2.75, 3.05) is 18.4 Å². The van der Waals surface area contributed by atoms with Crippen molar-refractivity contribution in [3.05, 3.63) is 48.5 Å². The van der Waals surface area contributed by atoms with Crippen LogP contribution in [0.1, 0.15) is 19.5 Å². The molecule has 1 saturated heterocycles. The molecule has 6 nitrogen and oxygen atoms in total. The summed E-state index contributed by atoms with van der Waals surface area (Å²) in [6.45, 7) is 5.71. The number of carbonyl (C=O) groups excluding carboxylic acids is 1. The fourth-order valence-corrected chi connectivity index (χ4v) is 3.15. The monoisotopic (exact) mass is 361 g/mol. The number of fused-ring (bicyclic) bond motifs is 1. The van der Waals surface area contributed by atoms with Crippen molar-refractivity contribution >= 4 is 22.4 Å². The highest BCUT2D eigenvalue weighted by molar-refractivity contribution is 5.88. The number of benzene rings is 1. The van der Waals surface area contributed by atoms with Gasteiger partial charge in [-0.25, -0.2) is 4.98 Å². The molecular formula is C21H23N5O. The third-order valence-electron chi connectivity index (χ3n) is 4.74. The van der Waals surface area contributed by atoms with Gasteiger partial charge in [-0.05, 0) is 31.4 Å². The second kappa shape index (κ2) is 7.40. The van der Waals surface area contributed by atoms with E-state index in [1.165, 1.54) is 0 Å². The summed E-state index contributed by atoms with van der Waals surface area (Å²) in [6.07, 6.45) is 5.72. The number of hydrogen-bond acceptors (Lipinski definition) is 6. The average Bonchev–Trinajstić information content (AvgIpc) is 2.59. The lowest BCUT2D eigenvalue weighted by Gasteiger charge is -2.25. The Kier molecular flexibility index (Phi) is 4.81. The third-order valence-corrected chi connectivity index (χ3v) is 4.74. The van der Waals surface area contributed by atoms with Gasteiger partial charge in [-0.1, -0.05) is 12.1 Å². The van der Waals surface area contributed by atoms with Crippen LogP contribution in [0.25, 0.3) is 22.0 Å². The van der Waals surface area contributed by atoms with Gasteiger partial charge in [0.1, 0.15) is 11.6 Å². The maximum absolute atomic E-state index is 12.2. The summed E-state index contributed by atoms with van der Waals surface area (Å²) in [7, 11) is 0. The molecule has 0 bridgehead atoms. The van der Waals surface area contributed by atoms with Crippen molar-refractivity contribution < 1.29 is 4.79 Å². The quantitative estimate of drug-likeness (QED) is 0.703. The van der Waals surface area contributed by atoms with Crippen LogP contribution in [0.2, 0.25) is 0 Å². The second-order valence-electron chi connectivity index (χ2n) is 7.32. The van der Waals surface area contributed by atoms with E-state index < -0.39 is 0 Å². The van der Waals surface area contributed by atoms with E-state index in [1.807, 2.05) is 24.4 Å². The van der Waals surface area contributed by atoms with E-state index >= 15 is 0 Å². The molecular weight excluding hydrogens is 338 g/mol. The van der Waals surface area contributed by atoms with Crippen LogP contribution in [0.15, 0.2) is 42.9 Å². The molecule has 2 N–H and O–H groups in total. The number of hydrogen-bond donors (Lipinski definition) is 2.